The maximum atomic E-state index is 12.8. The summed E-state index contributed by atoms with van der Waals surface area (Å²) < 4.78 is 10.8. The van der Waals surface area contributed by atoms with E-state index >= 15 is 0 Å². The van der Waals surface area contributed by atoms with Crippen molar-refractivity contribution in [2.24, 2.45) is 0 Å². The van der Waals surface area contributed by atoms with Gasteiger partial charge in [0.1, 0.15) is 16.9 Å². The molecule has 1 aromatic heterocycles. The molecule has 0 saturated carbocycles. The van der Waals surface area contributed by atoms with Gasteiger partial charge in [0.05, 0.1) is 22.3 Å². The molecule has 0 unspecified atom stereocenters. The SMILES string of the molecule is C=CCc1cccc2c(=O)c([N+](=O)[O-])c(-c3cc(OC)ccc3[N+](=O)[O-])oc12. The minimum atomic E-state index is -0.899. The van der Waals surface area contributed by atoms with Gasteiger partial charge in [0.15, 0.2) is 0 Å². The monoisotopic (exact) mass is 382 g/mol. The van der Waals surface area contributed by atoms with Gasteiger partial charge in [0, 0.05) is 6.07 Å². The zero-order valence-corrected chi connectivity index (χ0v) is 14.7. The van der Waals surface area contributed by atoms with Gasteiger partial charge in [-0.1, -0.05) is 18.2 Å². The van der Waals surface area contributed by atoms with Gasteiger partial charge in [-0.15, -0.1) is 6.58 Å². The summed E-state index contributed by atoms with van der Waals surface area (Å²) in [5, 5.41) is 23.1. The molecule has 0 radical (unpaired) electrons. The second kappa shape index (κ2) is 7.31. The van der Waals surface area contributed by atoms with Crippen LogP contribution in [0.4, 0.5) is 11.4 Å². The molecule has 28 heavy (non-hydrogen) atoms. The summed E-state index contributed by atoms with van der Waals surface area (Å²) in [4.78, 5) is 34.3. The van der Waals surface area contributed by atoms with E-state index in [1.807, 2.05) is 0 Å². The number of para-hydroxylation sites is 1. The molecule has 0 saturated heterocycles. The number of rotatable bonds is 6. The zero-order chi connectivity index (χ0) is 20.4. The summed E-state index contributed by atoms with van der Waals surface area (Å²) in [6.07, 6.45) is 1.93. The smallest absolute Gasteiger partial charge is 0.359 e. The van der Waals surface area contributed by atoms with Crippen molar-refractivity contribution in [2.75, 3.05) is 7.11 Å². The Balaban J connectivity index is 2.50. The first kappa shape index (κ1) is 18.8. The standard InChI is InChI=1S/C19H14N2O7/c1-3-5-11-6-4-7-13-17(22)16(21(25)26)19(28-18(11)13)14-10-12(27-2)8-9-15(14)20(23)24/h3-4,6-10H,1,5H2,2H3. The number of nitrogens with zero attached hydrogens (tertiary/aromatic N) is 2. The molecule has 0 amide bonds. The second-order valence-electron chi connectivity index (χ2n) is 5.79. The molecule has 0 bridgehead atoms. The van der Waals surface area contributed by atoms with Crippen molar-refractivity contribution < 1.29 is 19.0 Å². The fraction of sp³-hybridized carbons (Fsp3) is 0.105. The van der Waals surface area contributed by atoms with Gasteiger partial charge < -0.3 is 9.15 Å². The van der Waals surface area contributed by atoms with Crippen molar-refractivity contribution in [2.45, 2.75) is 6.42 Å². The summed E-state index contributed by atoms with van der Waals surface area (Å²) >= 11 is 0. The molecule has 142 valence electrons. The van der Waals surface area contributed by atoms with Crippen molar-refractivity contribution in [3.63, 3.8) is 0 Å². The first-order valence-corrected chi connectivity index (χ1v) is 8.05. The van der Waals surface area contributed by atoms with E-state index in [-0.39, 0.29) is 22.3 Å². The predicted molar refractivity (Wildman–Crippen MR) is 102 cm³/mol. The molecule has 9 nitrogen and oxygen atoms in total. The largest absolute Gasteiger partial charge is 0.497 e. The normalized spacial score (nSPS) is 10.6. The minimum Gasteiger partial charge on any atom is -0.497 e. The van der Waals surface area contributed by atoms with Gasteiger partial charge in [-0.3, -0.25) is 25.0 Å². The lowest BCUT2D eigenvalue weighted by Crippen LogP contribution is -2.11. The molecule has 0 aliphatic rings. The zero-order valence-electron chi connectivity index (χ0n) is 14.7. The van der Waals surface area contributed by atoms with Gasteiger partial charge in [0.2, 0.25) is 5.76 Å². The van der Waals surface area contributed by atoms with Crippen LogP contribution in [-0.4, -0.2) is 17.0 Å². The Hall–Kier alpha value is -4.01. The summed E-state index contributed by atoms with van der Waals surface area (Å²) in [5.41, 5.74) is -1.74. The van der Waals surface area contributed by atoms with E-state index in [4.69, 9.17) is 9.15 Å². The highest BCUT2D eigenvalue weighted by Crippen LogP contribution is 2.39. The Morgan fingerprint density at radius 3 is 2.54 bits per heavy atom. The first-order valence-electron chi connectivity index (χ1n) is 8.05. The van der Waals surface area contributed by atoms with Gasteiger partial charge >= 0.3 is 5.69 Å². The van der Waals surface area contributed by atoms with Crippen LogP contribution in [0.1, 0.15) is 5.56 Å². The molecule has 0 spiro atoms. The molecular formula is C19H14N2O7. The van der Waals surface area contributed by atoms with Crippen LogP contribution in [0.15, 0.2) is 58.3 Å². The quantitative estimate of drug-likeness (QED) is 0.358. The van der Waals surface area contributed by atoms with E-state index in [2.05, 4.69) is 6.58 Å². The lowest BCUT2D eigenvalue weighted by atomic mass is 10.0. The Bertz CT molecular complexity index is 1180. The Morgan fingerprint density at radius 1 is 1.18 bits per heavy atom. The molecule has 9 heteroatoms. The second-order valence-corrected chi connectivity index (χ2v) is 5.79. The lowest BCUT2D eigenvalue weighted by molar-refractivity contribution is -0.387. The minimum absolute atomic E-state index is 0.0142. The fourth-order valence-electron chi connectivity index (χ4n) is 2.91. The highest BCUT2D eigenvalue weighted by Gasteiger charge is 2.31. The van der Waals surface area contributed by atoms with E-state index in [1.165, 1.54) is 25.3 Å². The average molecular weight is 382 g/mol. The van der Waals surface area contributed by atoms with Gasteiger partial charge in [0.25, 0.3) is 11.1 Å². The molecule has 1 heterocycles. The molecule has 3 aromatic rings. The van der Waals surface area contributed by atoms with Crippen LogP contribution in [-0.2, 0) is 6.42 Å². The van der Waals surface area contributed by atoms with Crippen molar-refractivity contribution in [1.29, 1.82) is 0 Å². The molecule has 0 fully saturated rings. The molecular weight excluding hydrogens is 368 g/mol. The number of methoxy groups -OCH3 is 1. The van der Waals surface area contributed by atoms with Gasteiger partial charge in [-0.25, -0.2) is 0 Å². The Kier molecular flexibility index (Phi) is 4.90. The number of hydrogen-bond donors (Lipinski definition) is 0. The van der Waals surface area contributed by atoms with E-state index in [1.54, 1.807) is 18.2 Å². The highest BCUT2D eigenvalue weighted by molar-refractivity contribution is 5.87. The number of nitro groups is 2. The summed E-state index contributed by atoms with van der Waals surface area (Å²) in [6, 6.07) is 8.38. The molecule has 2 aromatic carbocycles. The van der Waals surface area contributed by atoms with E-state index < -0.39 is 32.4 Å². The van der Waals surface area contributed by atoms with Crippen molar-refractivity contribution in [3.05, 3.63) is 85.1 Å². The fourth-order valence-corrected chi connectivity index (χ4v) is 2.91. The Labute approximate surface area is 157 Å². The third kappa shape index (κ3) is 3.09. The van der Waals surface area contributed by atoms with Crippen molar-refractivity contribution in [3.8, 4) is 17.1 Å². The van der Waals surface area contributed by atoms with Crippen LogP contribution in [0.5, 0.6) is 5.75 Å². The molecule has 0 atom stereocenters. The van der Waals surface area contributed by atoms with Crippen molar-refractivity contribution >= 4 is 22.3 Å². The summed E-state index contributed by atoms with van der Waals surface area (Å²) in [5.74, 6) is -0.276. The average Bonchev–Trinajstić information content (AvgIpc) is 2.67. The molecule has 0 aliphatic carbocycles. The topological polar surface area (TPSA) is 126 Å². The highest BCUT2D eigenvalue weighted by atomic mass is 16.6. The van der Waals surface area contributed by atoms with Crippen LogP contribution in [0.2, 0.25) is 0 Å². The number of benzene rings is 2. The predicted octanol–water partition coefficient (Wildman–Crippen LogP) is 4.01. The molecule has 0 N–H and O–H groups in total. The summed E-state index contributed by atoms with van der Waals surface area (Å²) in [6.45, 7) is 3.64. The lowest BCUT2D eigenvalue weighted by Gasteiger charge is -2.09. The molecule has 0 aliphatic heterocycles. The van der Waals surface area contributed by atoms with Crippen LogP contribution in [0, 0.1) is 20.2 Å². The van der Waals surface area contributed by atoms with E-state index in [9.17, 15) is 25.0 Å². The Morgan fingerprint density at radius 2 is 1.93 bits per heavy atom. The maximum absolute atomic E-state index is 12.8. The number of nitro benzene ring substituents is 1. The van der Waals surface area contributed by atoms with Crippen LogP contribution < -0.4 is 10.2 Å². The van der Waals surface area contributed by atoms with Gasteiger partial charge in [-0.05, 0) is 30.2 Å². The third-order valence-corrected chi connectivity index (χ3v) is 4.17. The maximum Gasteiger partial charge on any atom is 0.359 e. The van der Waals surface area contributed by atoms with Gasteiger partial charge in [-0.2, -0.15) is 0 Å². The number of allylic oxidation sites excluding steroid dienone is 1. The van der Waals surface area contributed by atoms with Crippen LogP contribution >= 0.6 is 0 Å². The van der Waals surface area contributed by atoms with Crippen molar-refractivity contribution in [1.82, 2.24) is 0 Å². The molecule has 3 rings (SSSR count). The third-order valence-electron chi connectivity index (χ3n) is 4.17. The number of hydrogen-bond acceptors (Lipinski definition) is 7. The van der Waals surface area contributed by atoms with Crippen LogP contribution in [0.25, 0.3) is 22.3 Å². The van der Waals surface area contributed by atoms with E-state index in [0.29, 0.717) is 12.0 Å². The van der Waals surface area contributed by atoms with Crippen LogP contribution in [0.3, 0.4) is 0 Å². The summed E-state index contributed by atoms with van der Waals surface area (Å²) in [7, 11) is 1.35. The number of fused-ring (bicyclic) bond motifs is 1. The van der Waals surface area contributed by atoms with E-state index in [0.717, 1.165) is 6.07 Å². The number of ether oxygens (including phenoxy) is 1. The first-order chi connectivity index (χ1) is 13.4.